The molecule has 3 N–H and O–H groups in total. The van der Waals surface area contributed by atoms with Gasteiger partial charge in [-0.25, -0.2) is 0 Å². The van der Waals surface area contributed by atoms with Gasteiger partial charge in [0.2, 0.25) is 5.91 Å². The Hall–Kier alpha value is -0.820. The lowest BCUT2D eigenvalue weighted by molar-refractivity contribution is -0.216. The van der Waals surface area contributed by atoms with Crippen LogP contribution in [0.15, 0.2) is 0 Å². The van der Waals surface area contributed by atoms with Crippen LogP contribution in [0.4, 0.5) is 13.2 Å². The van der Waals surface area contributed by atoms with Crippen LogP contribution in [-0.4, -0.2) is 42.9 Å². The lowest BCUT2D eigenvalue weighted by Gasteiger charge is -2.30. The number of nitrogens with one attached hydrogen (secondary N) is 2. The van der Waals surface area contributed by atoms with Gasteiger partial charge < -0.3 is 15.7 Å². The molecule has 4 nitrogen and oxygen atoms in total. The summed E-state index contributed by atoms with van der Waals surface area (Å²) in [6.45, 7) is 0.832. The summed E-state index contributed by atoms with van der Waals surface area (Å²) in [5.74, 6) is -1.06. The van der Waals surface area contributed by atoms with E-state index in [2.05, 4.69) is 10.6 Å². The maximum absolute atomic E-state index is 12.9. The van der Waals surface area contributed by atoms with Gasteiger partial charge in [-0.05, 0) is 19.9 Å². The molecular weight excluding hydrogens is 225 g/mol. The van der Waals surface area contributed by atoms with E-state index >= 15 is 0 Å². The molecule has 0 aromatic carbocycles. The quantitative estimate of drug-likeness (QED) is 0.652. The molecule has 1 saturated heterocycles. The van der Waals surface area contributed by atoms with E-state index in [1.54, 1.807) is 0 Å². The summed E-state index contributed by atoms with van der Waals surface area (Å²) in [4.78, 5) is 11.6. The first kappa shape index (κ1) is 13.2. The molecule has 1 aliphatic rings. The molecular formula is C9H15F3N2O2. The topological polar surface area (TPSA) is 61.4 Å². The summed E-state index contributed by atoms with van der Waals surface area (Å²) in [6, 6.07) is -0.674. The zero-order valence-corrected chi connectivity index (χ0v) is 8.90. The number of hydrogen-bond donors (Lipinski definition) is 3. The molecule has 1 aliphatic heterocycles. The molecule has 0 bridgehead atoms. The number of hydrogen-bond acceptors (Lipinski definition) is 3. The van der Waals surface area contributed by atoms with Crippen molar-refractivity contribution in [2.45, 2.75) is 25.6 Å². The van der Waals surface area contributed by atoms with Crippen molar-refractivity contribution in [3.63, 3.8) is 0 Å². The minimum atomic E-state index is -4.57. The van der Waals surface area contributed by atoms with Gasteiger partial charge in [-0.3, -0.25) is 4.79 Å². The summed E-state index contributed by atoms with van der Waals surface area (Å²) in [5.41, 5.74) is -2.35. The number of aliphatic hydroxyl groups excluding tert-OH is 1. The Kier molecular flexibility index (Phi) is 3.80. The molecule has 7 heteroatoms. The van der Waals surface area contributed by atoms with Gasteiger partial charge >= 0.3 is 6.18 Å². The number of rotatable bonds is 3. The van der Waals surface area contributed by atoms with E-state index in [4.69, 9.17) is 5.11 Å². The minimum Gasteiger partial charge on any atom is -0.394 e. The molecule has 1 heterocycles. The average molecular weight is 240 g/mol. The summed E-state index contributed by atoms with van der Waals surface area (Å²) in [6.07, 6.45) is -4.84. The van der Waals surface area contributed by atoms with Crippen molar-refractivity contribution in [1.82, 2.24) is 10.6 Å². The van der Waals surface area contributed by atoms with E-state index in [-0.39, 0.29) is 19.6 Å². The van der Waals surface area contributed by atoms with Crippen molar-refractivity contribution in [3.8, 4) is 0 Å². The van der Waals surface area contributed by atoms with Gasteiger partial charge in [0.15, 0.2) is 5.41 Å². The second-order valence-electron chi connectivity index (χ2n) is 4.06. The van der Waals surface area contributed by atoms with Crippen LogP contribution >= 0.6 is 0 Å². The minimum absolute atomic E-state index is 0.167. The van der Waals surface area contributed by atoms with E-state index in [0.29, 0.717) is 0 Å². The van der Waals surface area contributed by atoms with Gasteiger partial charge in [-0.1, -0.05) is 0 Å². The molecule has 0 aromatic rings. The van der Waals surface area contributed by atoms with E-state index in [9.17, 15) is 18.0 Å². The van der Waals surface area contributed by atoms with Crippen LogP contribution in [0, 0.1) is 5.41 Å². The SMILES string of the molecule is CC(CO)NC(=O)C1(C(F)(F)F)CCNC1. The van der Waals surface area contributed by atoms with Crippen LogP contribution in [0.25, 0.3) is 0 Å². The van der Waals surface area contributed by atoms with Crippen molar-refractivity contribution >= 4 is 5.91 Å². The number of halogens is 3. The lowest BCUT2D eigenvalue weighted by atomic mass is 9.85. The Balaban J connectivity index is 2.82. The monoisotopic (exact) mass is 240 g/mol. The van der Waals surface area contributed by atoms with Crippen LogP contribution in [-0.2, 0) is 4.79 Å². The summed E-state index contributed by atoms with van der Waals surface area (Å²) >= 11 is 0. The maximum Gasteiger partial charge on any atom is 0.404 e. The van der Waals surface area contributed by atoms with Gasteiger partial charge in [-0.2, -0.15) is 13.2 Å². The Bertz CT molecular complexity index is 262. The molecule has 1 fully saturated rings. The van der Waals surface area contributed by atoms with Gasteiger partial charge in [-0.15, -0.1) is 0 Å². The first-order valence-corrected chi connectivity index (χ1v) is 5.03. The third-order valence-corrected chi connectivity index (χ3v) is 2.78. The van der Waals surface area contributed by atoms with Gasteiger partial charge in [0.05, 0.1) is 6.61 Å². The fourth-order valence-electron chi connectivity index (χ4n) is 1.66. The highest BCUT2D eigenvalue weighted by Crippen LogP contribution is 2.43. The molecule has 1 rings (SSSR count). The Labute approximate surface area is 91.2 Å². The largest absolute Gasteiger partial charge is 0.404 e. The number of aliphatic hydroxyl groups is 1. The summed E-state index contributed by atoms with van der Waals surface area (Å²) < 4.78 is 38.6. The molecule has 0 spiro atoms. The van der Waals surface area contributed by atoms with Gasteiger partial charge in [0.1, 0.15) is 0 Å². The second kappa shape index (κ2) is 4.58. The molecule has 1 amide bonds. The highest BCUT2D eigenvalue weighted by Gasteiger charge is 2.61. The molecule has 0 aliphatic carbocycles. The first-order valence-electron chi connectivity index (χ1n) is 5.03. The van der Waals surface area contributed by atoms with Crippen molar-refractivity contribution in [1.29, 1.82) is 0 Å². The van der Waals surface area contributed by atoms with Crippen molar-refractivity contribution in [2.24, 2.45) is 5.41 Å². The zero-order chi connectivity index (χ0) is 12.4. The molecule has 0 aromatic heterocycles. The Morgan fingerprint density at radius 2 is 2.25 bits per heavy atom. The predicted octanol–water partition coefficient (Wildman–Crippen LogP) is 0.0254. The number of amides is 1. The fourth-order valence-corrected chi connectivity index (χ4v) is 1.66. The molecule has 2 unspecified atom stereocenters. The third kappa shape index (κ3) is 2.30. The van der Waals surface area contributed by atoms with Gasteiger partial charge in [0.25, 0.3) is 0 Å². The highest BCUT2D eigenvalue weighted by molar-refractivity contribution is 5.84. The zero-order valence-electron chi connectivity index (χ0n) is 8.90. The average Bonchev–Trinajstić information content (AvgIpc) is 2.66. The van der Waals surface area contributed by atoms with Crippen LogP contribution < -0.4 is 10.6 Å². The van der Waals surface area contributed by atoms with Crippen molar-refractivity contribution in [3.05, 3.63) is 0 Å². The van der Waals surface area contributed by atoms with Crippen molar-refractivity contribution < 1.29 is 23.1 Å². The molecule has 94 valence electrons. The smallest absolute Gasteiger partial charge is 0.394 e. The second-order valence-corrected chi connectivity index (χ2v) is 4.06. The Morgan fingerprint density at radius 3 is 2.62 bits per heavy atom. The van der Waals surface area contributed by atoms with E-state index in [0.717, 1.165) is 0 Å². The summed E-state index contributed by atoms with van der Waals surface area (Å²) in [5, 5.41) is 13.4. The normalized spacial score (nSPS) is 27.8. The van der Waals surface area contributed by atoms with E-state index in [1.807, 2.05) is 0 Å². The number of carbonyl (C=O) groups excluding carboxylic acids is 1. The standard InChI is InChI=1S/C9H15F3N2O2/c1-6(4-15)14-7(16)8(9(10,11)12)2-3-13-5-8/h6,13,15H,2-5H2,1H3,(H,14,16). The lowest BCUT2D eigenvalue weighted by Crippen LogP contribution is -2.54. The van der Waals surface area contributed by atoms with Gasteiger partial charge in [0, 0.05) is 12.6 Å². The van der Waals surface area contributed by atoms with Crippen LogP contribution in [0.3, 0.4) is 0 Å². The van der Waals surface area contributed by atoms with Crippen LogP contribution in [0.5, 0.6) is 0 Å². The molecule has 0 saturated carbocycles. The van der Waals surface area contributed by atoms with E-state index in [1.165, 1.54) is 6.92 Å². The van der Waals surface area contributed by atoms with Crippen molar-refractivity contribution in [2.75, 3.05) is 19.7 Å². The number of alkyl halides is 3. The highest BCUT2D eigenvalue weighted by atomic mass is 19.4. The maximum atomic E-state index is 12.9. The summed E-state index contributed by atoms with van der Waals surface area (Å²) in [7, 11) is 0. The predicted molar refractivity (Wildman–Crippen MR) is 50.7 cm³/mol. The number of carbonyl (C=O) groups is 1. The molecule has 16 heavy (non-hydrogen) atoms. The van der Waals surface area contributed by atoms with Crippen LogP contribution in [0.2, 0.25) is 0 Å². The first-order chi connectivity index (χ1) is 7.33. The molecule has 0 radical (unpaired) electrons. The molecule has 2 atom stereocenters. The van der Waals surface area contributed by atoms with E-state index < -0.39 is 30.1 Å². The fraction of sp³-hybridized carbons (Fsp3) is 0.889. The van der Waals surface area contributed by atoms with Crippen LogP contribution in [0.1, 0.15) is 13.3 Å². The third-order valence-electron chi connectivity index (χ3n) is 2.78. The Morgan fingerprint density at radius 1 is 1.62 bits per heavy atom.